The van der Waals surface area contributed by atoms with E-state index in [9.17, 15) is 9.59 Å². The van der Waals surface area contributed by atoms with Gasteiger partial charge in [-0.2, -0.15) is 0 Å². The summed E-state index contributed by atoms with van der Waals surface area (Å²) in [7, 11) is 2.96. The summed E-state index contributed by atoms with van der Waals surface area (Å²) in [6.07, 6.45) is 3.26. The molecule has 0 saturated carbocycles. The fourth-order valence-electron chi connectivity index (χ4n) is 3.29. The molecule has 0 fully saturated rings. The second-order valence-corrected chi connectivity index (χ2v) is 7.34. The second kappa shape index (κ2) is 10.8. The first-order valence-corrected chi connectivity index (χ1v) is 10.7. The highest BCUT2D eigenvalue weighted by atomic mass is 16.5. The Morgan fingerprint density at radius 1 is 0.686 bits per heavy atom. The summed E-state index contributed by atoms with van der Waals surface area (Å²) in [4.78, 5) is 29.5. The van der Waals surface area contributed by atoms with Crippen molar-refractivity contribution in [2.24, 2.45) is 0 Å². The van der Waals surface area contributed by atoms with Gasteiger partial charge in [0.25, 0.3) is 11.8 Å². The number of nitrogens with zero attached hydrogens (tertiary/aromatic N) is 1. The van der Waals surface area contributed by atoms with Crippen molar-refractivity contribution in [3.05, 3.63) is 102 Å². The van der Waals surface area contributed by atoms with E-state index >= 15 is 0 Å². The zero-order valence-electron chi connectivity index (χ0n) is 19.1. The standard InChI is InChI=1S/C27H23N3O5/c1-33-24-16-23(25(34-2)15-22(24)29-26(31)18-7-4-3-5-8-18)30-27(32)19-10-12-20(13-11-19)35-21-9-6-14-28-17-21/h3-17H,1-2H3,(H,29,31)(H,30,32). The summed E-state index contributed by atoms with van der Waals surface area (Å²) < 4.78 is 16.6. The molecule has 35 heavy (non-hydrogen) atoms. The number of anilines is 2. The van der Waals surface area contributed by atoms with Crippen LogP contribution in [-0.2, 0) is 0 Å². The van der Waals surface area contributed by atoms with Gasteiger partial charge in [0.2, 0.25) is 0 Å². The van der Waals surface area contributed by atoms with E-state index in [0.29, 0.717) is 45.5 Å². The fraction of sp³-hybridized carbons (Fsp3) is 0.0741. The van der Waals surface area contributed by atoms with Crippen molar-refractivity contribution >= 4 is 23.2 Å². The number of methoxy groups -OCH3 is 2. The number of hydrogen-bond acceptors (Lipinski definition) is 6. The molecule has 0 atom stereocenters. The number of ether oxygens (including phenoxy) is 3. The Morgan fingerprint density at radius 2 is 1.26 bits per heavy atom. The number of nitrogens with one attached hydrogen (secondary N) is 2. The Kier molecular flexibility index (Phi) is 7.22. The molecule has 0 aliphatic carbocycles. The molecule has 2 amide bonds. The maximum absolute atomic E-state index is 12.9. The minimum Gasteiger partial charge on any atom is -0.494 e. The summed E-state index contributed by atoms with van der Waals surface area (Å²) in [6, 6.07) is 22.3. The van der Waals surface area contributed by atoms with Gasteiger partial charge in [-0.05, 0) is 48.5 Å². The number of hydrogen-bond donors (Lipinski definition) is 2. The lowest BCUT2D eigenvalue weighted by Gasteiger charge is -2.16. The van der Waals surface area contributed by atoms with Crippen molar-refractivity contribution < 1.29 is 23.8 Å². The van der Waals surface area contributed by atoms with Gasteiger partial charge in [0.05, 0.1) is 31.8 Å². The smallest absolute Gasteiger partial charge is 0.255 e. The van der Waals surface area contributed by atoms with Gasteiger partial charge in [-0.1, -0.05) is 18.2 Å². The molecule has 0 spiro atoms. The van der Waals surface area contributed by atoms with Gasteiger partial charge in [0.1, 0.15) is 23.0 Å². The van der Waals surface area contributed by atoms with Gasteiger partial charge in [-0.3, -0.25) is 14.6 Å². The van der Waals surface area contributed by atoms with Crippen molar-refractivity contribution in [1.29, 1.82) is 0 Å². The average Bonchev–Trinajstić information content (AvgIpc) is 2.90. The molecule has 1 aromatic heterocycles. The van der Waals surface area contributed by atoms with E-state index < -0.39 is 0 Å². The van der Waals surface area contributed by atoms with Gasteiger partial charge < -0.3 is 24.8 Å². The van der Waals surface area contributed by atoms with Crippen LogP contribution < -0.4 is 24.8 Å². The predicted molar refractivity (Wildman–Crippen MR) is 133 cm³/mol. The number of rotatable bonds is 8. The van der Waals surface area contributed by atoms with Crippen molar-refractivity contribution in [1.82, 2.24) is 4.98 Å². The van der Waals surface area contributed by atoms with E-state index in [2.05, 4.69) is 15.6 Å². The highest BCUT2D eigenvalue weighted by molar-refractivity contribution is 6.07. The minimum atomic E-state index is -0.348. The molecule has 0 radical (unpaired) electrons. The number of aromatic nitrogens is 1. The maximum atomic E-state index is 12.9. The molecule has 8 heteroatoms. The summed E-state index contributed by atoms with van der Waals surface area (Å²) in [6.45, 7) is 0. The van der Waals surface area contributed by atoms with Gasteiger partial charge in [-0.25, -0.2) is 0 Å². The van der Waals surface area contributed by atoms with Crippen molar-refractivity contribution in [2.45, 2.75) is 0 Å². The second-order valence-electron chi connectivity index (χ2n) is 7.34. The Morgan fingerprint density at radius 3 is 1.77 bits per heavy atom. The number of amides is 2. The van der Waals surface area contributed by atoms with E-state index in [1.807, 2.05) is 6.07 Å². The lowest BCUT2D eigenvalue weighted by atomic mass is 10.1. The molecule has 0 saturated heterocycles. The lowest BCUT2D eigenvalue weighted by Crippen LogP contribution is -2.15. The third-order valence-electron chi connectivity index (χ3n) is 5.04. The van der Waals surface area contributed by atoms with Crippen molar-refractivity contribution in [3.8, 4) is 23.0 Å². The van der Waals surface area contributed by atoms with Gasteiger partial charge in [-0.15, -0.1) is 0 Å². The Balaban J connectivity index is 1.50. The molecule has 0 aliphatic rings. The maximum Gasteiger partial charge on any atom is 0.255 e. The lowest BCUT2D eigenvalue weighted by molar-refractivity contribution is 0.101. The highest BCUT2D eigenvalue weighted by Crippen LogP contribution is 2.37. The molecule has 0 aliphatic heterocycles. The van der Waals surface area contributed by atoms with Crippen LogP contribution in [0.5, 0.6) is 23.0 Å². The van der Waals surface area contributed by atoms with Gasteiger partial charge in [0, 0.05) is 29.5 Å². The SMILES string of the molecule is COc1cc(NC(=O)c2ccc(Oc3cccnc3)cc2)c(OC)cc1NC(=O)c1ccccc1. The minimum absolute atomic E-state index is 0.295. The molecule has 4 aromatic rings. The van der Waals surface area contributed by atoms with Crippen molar-refractivity contribution in [3.63, 3.8) is 0 Å². The van der Waals surface area contributed by atoms with Gasteiger partial charge in [0.15, 0.2) is 0 Å². The summed E-state index contributed by atoms with van der Waals surface area (Å²) >= 11 is 0. The van der Waals surface area contributed by atoms with Crippen molar-refractivity contribution in [2.75, 3.05) is 24.9 Å². The van der Waals surface area contributed by atoms with Crippen LogP contribution in [0.1, 0.15) is 20.7 Å². The van der Waals surface area contributed by atoms with Crippen LogP contribution in [0.4, 0.5) is 11.4 Å². The van der Waals surface area contributed by atoms with E-state index in [1.54, 1.807) is 85.2 Å². The fourth-order valence-corrected chi connectivity index (χ4v) is 3.29. The van der Waals surface area contributed by atoms with Gasteiger partial charge >= 0.3 is 0 Å². The largest absolute Gasteiger partial charge is 0.494 e. The first-order chi connectivity index (χ1) is 17.1. The Labute approximate surface area is 202 Å². The van der Waals surface area contributed by atoms with E-state index in [1.165, 1.54) is 14.2 Å². The predicted octanol–water partition coefficient (Wildman–Crippen LogP) is 5.40. The Bertz CT molecular complexity index is 1310. The average molecular weight is 469 g/mol. The van der Waals surface area contributed by atoms with E-state index in [0.717, 1.165) is 0 Å². The normalized spacial score (nSPS) is 10.2. The molecule has 8 nitrogen and oxygen atoms in total. The molecule has 0 unspecified atom stereocenters. The zero-order valence-corrected chi connectivity index (χ0v) is 19.1. The third-order valence-corrected chi connectivity index (χ3v) is 5.04. The number of carbonyl (C=O) groups is 2. The summed E-state index contributed by atoms with van der Waals surface area (Å²) in [5.41, 5.74) is 1.73. The zero-order chi connectivity index (χ0) is 24.6. The topological polar surface area (TPSA) is 98.8 Å². The van der Waals surface area contributed by atoms with Crippen LogP contribution in [0, 0.1) is 0 Å². The van der Waals surface area contributed by atoms with Crippen LogP contribution in [-0.4, -0.2) is 31.0 Å². The summed E-state index contributed by atoms with van der Waals surface area (Å²) in [5.74, 6) is 1.26. The van der Waals surface area contributed by atoms with Crippen LogP contribution in [0.2, 0.25) is 0 Å². The molecular weight excluding hydrogens is 446 g/mol. The first-order valence-electron chi connectivity index (χ1n) is 10.7. The molecule has 1 heterocycles. The van der Waals surface area contributed by atoms with Crippen LogP contribution in [0.25, 0.3) is 0 Å². The number of carbonyl (C=O) groups excluding carboxylic acids is 2. The number of pyridine rings is 1. The Hall–Kier alpha value is -4.85. The molecule has 2 N–H and O–H groups in total. The molecular formula is C27H23N3O5. The van der Waals surface area contributed by atoms with Crippen LogP contribution in [0.3, 0.4) is 0 Å². The molecule has 4 rings (SSSR count). The third kappa shape index (κ3) is 5.75. The quantitative estimate of drug-likeness (QED) is 0.359. The first kappa shape index (κ1) is 23.3. The van der Waals surface area contributed by atoms with Crippen LogP contribution >= 0.6 is 0 Å². The summed E-state index contributed by atoms with van der Waals surface area (Å²) in [5, 5.41) is 5.64. The van der Waals surface area contributed by atoms with E-state index in [4.69, 9.17) is 14.2 Å². The molecule has 176 valence electrons. The number of benzene rings is 3. The molecule has 0 bridgehead atoms. The van der Waals surface area contributed by atoms with Crippen LogP contribution in [0.15, 0.2) is 91.3 Å². The highest BCUT2D eigenvalue weighted by Gasteiger charge is 2.17. The van der Waals surface area contributed by atoms with E-state index in [-0.39, 0.29) is 11.8 Å². The molecule has 3 aromatic carbocycles. The monoisotopic (exact) mass is 469 g/mol.